The fourth-order valence-corrected chi connectivity index (χ4v) is 3.24. The number of hydrogen-bond acceptors (Lipinski definition) is 7. The van der Waals surface area contributed by atoms with Crippen molar-refractivity contribution in [3.8, 4) is 0 Å². The lowest BCUT2D eigenvalue weighted by atomic mass is 10.1. The van der Waals surface area contributed by atoms with Crippen LogP contribution in [0, 0.1) is 6.92 Å². The van der Waals surface area contributed by atoms with Crippen LogP contribution < -0.4 is 5.56 Å². The highest BCUT2D eigenvalue weighted by atomic mass is 35.5. The summed E-state index contributed by atoms with van der Waals surface area (Å²) in [6, 6.07) is 13.3. The Kier molecular flexibility index (Phi) is 5.53. The number of hydrogen-bond donors (Lipinski definition) is 0. The van der Waals surface area contributed by atoms with Crippen LogP contribution in [0.25, 0.3) is 5.65 Å². The number of carbonyl (C=O) groups is 1. The van der Waals surface area contributed by atoms with E-state index >= 15 is 0 Å². The third-order valence-corrected chi connectivity index (χ3v) is 4.76. The Morgan fingerprint density at radius 2 is 2.00 bits per heavy atom. The van der Waals surface area contributed by atoms with Crippen molar-refractivity contribution in [2.45, 2.75) is 26.0 Å². The fourth-order valence-electron chi connectivity index (χ4n) is 3.07. The molecule has 152 valence electrons. The van der Waals surface area contributed by atoms with E-state index < -0.39 is 12.0 Å². The lowest BCUT2D eigenvalue weighted by molar-refractivity contribution is -0.149. The van der Waals surface area contributed by atoms with Gasteiger partial charge >= 0.3 is 5.97 Å². The van der Waals surface area contributed by atoms with Crippen LogP contribution >= 0.6 is 11.6 Å². The summed E-state index contributed by atoms with van der Waals surface area (Å²) in [5.74, 6) is -0.0285. The number of benzene rings is 1. The van der Waals surface area contributed by atoms with Crippen LogP contribution in [0.5, 0.6) is 0 Å². The first-order valence-electron chi connectivity index (χ1n) is 9.14. The van der Waals surface area contributed by atoms with Crippen LogP contribution in [0.3, 0.4) is 0 Å². The van der Waals surface area contributed by atoms with Gasteiger partial charge in [-0.1, -0.05) is 41.9 Å². The van der Waals surface area contributed by atoms with Crippen molar-refractivity contribution in [2.75, 3.05) is 0 Å². The molecule has 0 aliphatic heterocycles. The number of aryl methyl sites for hydroxylation is 1. The zero-order chi connectivity index (χ0) is 21.1. The standard InChI is InChI=1S/C20H17ClN6O3/c1-13-23-24-25-27(13)17(9-14-5-3-2-4-6-14)20(29)30-12-16-10-19(28)26-11-15(21)7-8-18(26)22-16/h2-8,10-11,17H,9,12H2,1H3. The van der Waals surface area contributed by atoms with E-state index in [4.69, 9.17) is 16.3 Å². The zero-order valence-corrected chi connectivity index (χ0v) is 16.7. The Bertz CT molecular complexity index is 1250. The van der Waals surface area contributed by atoms with E-state index in [9.17, 15) is 9.59 Å². The molecule has 4 aromatic rings. The highest BCUT2D eigenvalue weighted by Gasteiger charge is 2.26. The molecule has 10 heteroatoms. The van der Waals surface area contributed by atoms with Gasteiger partial charge < -0.3 is 4.74 Å². The predicted octanol–water partition coefficient (Wildman–Crippen LogP) is 2.17. The minimum absolute atomic E-state index is 0.153. The summed E-state index contributed by atoms with van der Waals surface area (Å²) < 4.78 is 8.24. The Balaban J connectivity index is 1.55. The normalized spacial score (nSPS) is 12.1. The number of halogens is 1. The monoisotopic (exact) mass is 424 g/mol. The molecule has 0 fully saturated rings. The second-order valence-electron chi connectivity index (χ2n) is 6.65. The molecule has 0 amide bonds. The number of aromatic nitrogens is 6. The van der Waals surface area contributed by atoms with Gasteiger partial charge in [-0.2, -0.15) is 0 Å². The molecule has 9 nitrogen and oxygen atoms in total. The van der Waals surface area contributed by atoms with Gasteiger partial charge in [0, 0.05) is 18.7 Å². The van der Waals surface area contributed by atoms with Gasteiger partial charge in [-0.15, -0.1) is 5.10 Å². The molecule has 0 N–H and O–H groups in total. The number of nitrogens with zero attached hydrogens (tertiary/aromatic N) is 6. The van der Waals surface area contributed by atoms with E-state index in [1.54, 1.807) is 19.1 Å². The van der Waals surface area contributed by atoms with E-state index in [0.29, 0.717) is 28.6 Å². The predicted molar refractivity (Wildman–Crippen MR) is 108 cm³/mol. The number of carbonyl (C=O) groups excluding carboxylic acids is 1. The number of esters is 1. The molecule has 0 aliphatic rings. The minimum Gasteiger partial charge on any atom is -0.458 e. The third kappa shape index (κ3) is 4.20. The van der Waals surface area contributed by atoms with Gasteiger partial charge in [0.25, 0.3) is 5.56 Å². The first-order chi connectivity index (χ1) is 14.5. The van der Waals surface area contributed by atoms with E-state index in [1.807, 2.05) is 30.3 Å². The van der Waals surface area contributed by atoms with Crippen LogP contribution in [-0.4, -0.2) is 35.6 Å². The van der Waals surface area contributed by atoms with Crippen molar-refractivity contribution in [1.29, 1.82) is 0 Å². The average Bonchev–Trinajstić information content (AvgIpc) is 3.17. The van der Waals surface area contributed by atoms with Crippen molar-refractivity contribution in [3.63, 3.8) is 0 Å². The molecule has 0 bridgehead atoms. The number of rotatable bonds is 6. The van der Waals surface area contributed by atoms with Gasteiger partial charge in [0.1, 0.15) is 18.1 Å². The first kappa shape index (κ1) is 19.7. The molecule has 0 radical (unpaired) electrons. The third-order valence-electron chi connectivity index (χ3n) is 4.54. The summed E-state index contributed by atoms with van der Waals surface area (Å²) in [6.45, 7) is 1.56. The Hall–Kier alpha value is -3.59. The van der Waals surface area contributed by atoms with E-state index in [0.717, 1.165) is 5.56 Å². The molecule has 4 rings (SSSR count). The number of tetrazole rings is 1. The molecule has 3 aromatic heterocycles. The largest absolute Gasteiger partial charge is 0.458 e. The molecular weight excluding hydrogens is 408 g/mol. The quantitative estimate of drug-likeness (QED) is 0.437. The lowest BCUT2D eigenvalue weighted by Crippen LogP contribution is -2.26. The molecule has 0 spiro atoms. The number of pyridine rings is 1. The van der Waals surface area contributed by atoms with E-state index in [2.05, 4.69) is 20.5 Å². The highest BCUT2D eigenvalue weighted by molar-refractivity contribution is 6.30. The summed E-state index contributed by atoms with van der Waals surface area (Å²) >= 11 is 5.92. The molecule has 0 saturated carbocycles. The van der Waals surface area contributed by atoms with Crippen LogP contribution in [0.4, 0.5) is 0 Å². The minimum atomic E-state index is -0.747. The van der Waals surface area contributed by atoms with Crippen molar-refractivity contribution in [1.82, 2.24) is 29.6 Å². The van der Waals surface area contributed by atoms with Gasteiger partial charge in [-0.3, -0.25) is 9.20 Å². The smallest absolute Gasteiger partial charge is 0.331 e. The maximum Gasteiger partial charge on any atom is 0.331 e. The Morgan fingerprint density at radius 1 is 1.20 bits per heavy atom. The molecule has 1 unspecified atom stereocenters. The van der Waals surface area contributed by atoms with Crippen molar-refractivity contribution < 1.29 is 9.53 Å². The van der Waals surface area contributed by atoms with Crippen molar-refractivity contribution >= 4 is 23.2 Å². The fraction of sp³-hybridized carbons (Fsp3) is 0.200. The van der Waals surface area contributed by atoms with E-state index in [1.165, 1.54) is 21.3 Å². The molecule has 1 atom stereocenters. The van der Waals surface area contributed by atoms with Crippen molar-refractivity contribution in [2.24, 2.45) is 0 Å². The van der Waals surface area contributed by atoms with Crippen LogP contribution in [0.1, 0.15) is 23.1 Å². The van der Waals surface area contributed by atoms with Gasteiger partial charge in [0.2, 0.25) is 0 Å². The topological polar surface area (TPSA) is 104 Å². The first-order valence-corrected chi connectivity index (χ1v) is 9.52. The van der Waals surface area contributed by atoms with Gasteiger partial charge in [0.15, 0.2) is 6.04 Å². The summed E-state index contributed by atoms with van der Waals surface area (Å²) in [5.41, 5.74) is 1.37. The van der Waals surface area contributed by atoms with Gasteiger partial charge in [-0.05, 0) is 35.0 Å². The highest BCUT2D eigenvalue weighted by Crippen LogP contribution is 2.17. The summed E-state index contributed by atoms with van der Waals surface area (Å²) in [6.07, 6.45) is 1.84. The summed E-state index contributed by atoms with van der Waals surface area (Å²) in [4.78, 5) is 29.5. The Labute approximate surface area is 175 Å². The van der Waals surface area contributed by atoms with E-state index in [-0.39, 0.29) is 12.2 Å². The molecular formula is C20H17ClN6O3. The maximum atomic E-state index is 12.9. The summed E-state index contributed by atoms with van der Waals surface area (Å²) in [5, 5.41) is 11.8. The SMILES string of the molecule is Cc1nnnn1C(Cc1ccccc1)C(=O)OCc1cc(=O)n2cc(Cl)ccc2n1. The van der Waals surface area contributed by atoms with Crippen LogP contribution in [0.2, 0.25) is 5.02 Å². The molecule has 30 heavy (non-hydrogen) atoms. The average molecular weight is 425 g/mol. The van der Waals surface area contributed by atoms with Crippen LogP contribution in [0.15, 0.2) is 59.5 Å². The van der Waals surface area contributed by atoms with Crippen molar-refractivity contribution in [3.05, 3.63) is 87.2 Å². The van der Waals surface area contributed by atoms with Crippen LogP contribution in [-0.2, 0) is 22.6 Å². The second kappa shape index (κ2) is 8.42. The lowest BCUT2D eigenvalue weighted by Gasteiger charge is -2.16. The second-order valence-corrected chi connectivity index (χ2v) is 7.08. The van der Waals surface area contributed by atoms with Gasteiger partial charge in [-0.25, -0.2) is 14.5 Å². The Morgan fingerprint density at radius 3 is 2.73 bits per heavy atom. The number of fused-ring (bicyclic) bond motifs is 1. The number of ether oxygens (including phenoxy) is 1. The molecule has 0 saturated heterocycles. The zero-order valence-electron chi connectivity index (χ0n) is 16.0. The molecule has 1 aromatic carbocycles. The van der Waals surface area contributed by atoms with Gasteiger partial charge in [0.05, 0.1) is 10.7 Å². The summed E-state index contributed by atoms with van der Waals surface area (Å²) in [7, 11) is 0. The molecule has 0 aliphatic carbocycles. The maximum absolute atomic E-state index is 12.9. The molecule has 3 heterocycles.